The molecule has 1 heterocycles. The fourth-order valence-electron chi connectivity index (χ4n) is 1.40. The molecule has 6 heteroatoms. The van der Waals surface area contributed by atoms with Crippen LogP contribution in [0.15, 0.2) is 37.2 Å². The van der Waals surface area contributed by atoms with E-state index in [1.165, 1.54) is 11.0 Å². The van der Waals surface area contributed by atoms with E-state index in [-0.39, 0.29) is 26.1 Å². The van der Waals surface area contributed by atoms with Gasteiger partial charge in [-0.25, -0.2) is 4.79 Å². The van der Waals surface area contributed by atoms with Crippen LogP contribution < -0.4 is 0 Å². The number of carbonyl (C=O) groups is 2. The van der Waals surface area contributed by atoms with E-state index >= 15 is 0 Å². The molecule has 0 aliphatic heterocycles. The van der Waals surface area contributed by atoms with Crippen LogP contribution in [0.5, 0.6) is 0 Å². The Morgan fingerprint density at radius 3 is 2.89 bits per heavy atom. The zero-order valence-electron chi connectivity index (χ0n) is 10.5. The fourth-order valence-corrected chi connectivity index (χ4v) is 1.40. The Balaban J connectivity index is 2.65. The molecule has 1 aromatic rings. The minimum atomic E-state index is -0.965. The number of pyridine rings is 1. The Morgan fingerprint density at radius 2 is 2.32 bits per heavy atom. The van der Waals surface area contributed by atoms with Gasteiger partial charge in [0.15, 0.2) is 0 Å². The summed E-state index contributed by atoms with van der Waals surface area (Å²) in [7, 11) is 0. The fraction of sp³-hybridized carbons (Fsp3) is 0.308. The summed E-state index contributed by atoms with van der Waals surface area (Å²) in [5.74, 6) is -0.965. The zero-order valence-corrected chi connectivity index (χ0v) is 10.5. The van der Waals surface area contributed by atoms with Crippen molar-refractivity contribution in [2.75, 3.05) is 13.2 Å². The van der Waals surface area contributed by atoms with E-state index < -0.39 is 12.1 Å². The van der Waals surface area contributed by atoms with Crippen LogP contribution in [0, 0.1) is 0 Å². The molecule has 0 aliphatic rings. The third-order valence-corrected chi connectivity index (χ3v) is 2.27. The topological polar surface area (TPSA) is 79.7 Å². The van der Waals surface area contributed by atoms with Crippen LogP contribution in [0.1, 0.15) is 12.0 Å². The van der Waals surface area contributed by atoms with Crippen molar-refractivity contribution < 1.29 is 19.4 Å². The molecule has 102 valence electrons. The lowest BCUT2D eigenvalue weighted by Crippen LogP contribution is -2.33. The lowest BCUT2D eigenvalue weighted by molar-refractivity contribution is -0.137. The monoisotopic (exact) mass is 264 g/mol. The summed E-state index contributed by atoms with van der Waals surface area (Å²) in [4.78, 5) is 27.6. The van der Waals surface area contributed by atoms with Crippen molar-refractivity contribution in [1.82, 2.24) is 9.88 Å². The molecule has 1 N–H and O–H groups in total. The molecule has 1 aromatic heterocycles. The minimum Gasteiger partial charge on any atom is -0.481 e. The molecule has 0 unspecified atom stereocenters. The minimum absolute atomic E-state index is 0.0835. The van der Waals surface area contributed by atoms with Gasteiger partial charge in [0.2, 0.25) is 0 Å². The van der Waals surface area contributed by atoms with Crippen molar-refractivity contribution in [2.24, 2.45) is 0 Å². The van der Waals surface area contributed by atoms with Gasteiger partial charge in [0.1, 0.15) is 6.61 Å². The summed E-state index contributed by atoms with van der Waals surface area (Å²) < 4.78 is 4.91. The number of aromatic nitrogens is 1. The Hall–Kier alpha value is -2.37. The van der Waals surface area contributed by atoms with E-state index in [1.807, 2.05) is 6.07 Å². The molecular weight excluding hydrogens is 248 g/mol. The van der Waals surface area contributed by atoms with Gasteiger partial charge in [-0.05, 0) is 11.6 Å². The summed E-state index contributed by atoms with van der Waals surface area (Å²) >= 11 is 0. The summed E-state index contributed by atoms with van der Waals surface area (Å²) in [6, 6.07) is 3.56. The van der Waals surface area contributed by atoms with Crippen molar-refractivity contribution in [3.05, 3.63) is 42.7 Å². The van der Waals surface area contributed by atoms with Crippen LogP contribution in [-0.4, -0.2) is 40.2 Å². The second-order valence-electron chi connectivity index (χ2n) is 3.79. The molecule has 0 radical (unpaired) electrons. The third-order valence-electron chi connectivity index (χ3n) is 2.27. The molecular formula is C13H16N2O4. The number of ether oxygens (including phenoxy) is 1. The Bertz CT molecular complexity index is 434. The lowest BCUT2D eigenvalue weighted by atomic mass is 10.2. The first-order valence-electron chi connectivity index (χ1n) is 5.76. The third kappa shape index (κ3) is 5.67. The van der Waals surface area contributed by atoms with Gasteiger partial charge in [0.05, 0.1) is 13.0 Å². The average Bonchev–Trinajstić information content (AvgIpc) is 2.41. The Kier molecular flexibility index (Phi) is 6.08. The number of amides is 1. The molecule has 0 atom stereocenters. The molecule has 0 spiro atoms. The molecule has 6 nitrogen and oxygen atoms in total. The van der Waals surface area contributed by atoms with Crippen molar-refractivity contribution in [2.45, 2.75) is 13.0 Å². The van der Waals surface area contributed by atoms with Gasteiger partial charge >= 0.3 is 12.1 Å². The normalized spacial score (nSPS) is 9.68. The van der Waals surface area contributed by atoms with Gasteiger partial charge in [-0.3, -0.25) is 9.78 Å². The van der Waals surface area contributed by atoms with Crippen molar-refractivity contribution in [1.29, 1.82) is 0 Å². The zero-order chi connectivity index (χ0) is 14.1. The summed E-state index contributed by atoms with van der Waals surface area (Å²) in [6.45, 7) is 3.89. The van der Waals surface area contributed by atoms with Crippen LogP contribution in [0.2, 0.25) is 0 Å². The highest BCUT2D eigenvalue weighted by Gasteiger charge is 2.16. The van der Waals surface area contributed by atoms with Crippen molar-refractivity contribution in [3.8, 4) is 0 Å². The summed E-state index contributed by atoms with van der Waals surface area (Å²) in [6.07, 6.45) is 4.00. The van der Waals surface area contributed by atoms with Crippen LogP contribution in [0.4, 0.5) is 4.79 Å². The summed E-state index contributed by atoms with van der Waals surface area (Å²) in [5.41, 5.74) is 0.809. The maximum Gasteiger partial charge on any atom is 0.410 e. The lowest BCUT2D eigenvalue weighted by Gasteiger charge is -2.21. The molecule has 0 fully saturated rings. The molecule has 1 rings (SSSR count). The van der Waals surface area contributed by atoms with Gasteiger partial charge in [-0.2, -0.15) is 0 Å². The molecule has 0 aromatic carbocycles. The number of hydrogen-bond donors (Lipinski definition) is 1. The van der Waals surface area contributed by atoms with Crippen molar-refractivity contribution >= 4 is 12.1 Å². The number of aliphatic carboxylic acids is 1. The number of nitrogens with zero attached hydrogens (tertiary/aromatic N) is 2. The first-order valence-corrected chi connectivity index (χ1v) is 5.76. The highest BCUT2D eigenvalue weighted by molar-refractivity contribution is 5.70. The van der Waals surface area contributed by atoms with Gasteiger partial charge < -0.3 is 14.7 Å². The highest BCUT2D eigenvalue weighted by atomic mass is 16.6. The average molecular weight is 264 g/mol. The molecule has 0 saturated heterocycles. The Morgan fingerprint density at radius 1 is 1.53 bits per heavy atom. The second kappa shape index (κ2) is 7.86. The van der Waals surface area contributed by atoms with E-state index in [4.69, 9.17) is 9.84 Å². The second-order valence-corrected chi connectivity index (χ2v) is 3.79. The largest absolute Gasteiger partial charge is 0.481 e. The summed E-state index contributed by atoms with van der Waals surface area (Å²) in [5, 5.41) is 8.68. The van der Waals surface area contributed by atoms with Crippen LogP contribution in [-0.2, 0) is 16.1 Å². The van der Waals surface area contributed by atoms with Crippen LogP contribution in [0.25, 0.3) is 0 Å². The number of rotatable bonds is 7. The van der Waals surface area contributed by atoms with Gasteiger partial charge in [-0.15, -0.1) is 0 Å². The van der Waals surface area contributed by atoms with Gasteiger partial charge in [0, 0.05) is 18.9 Å². The van der Waals surface area contributed by atoms with Crippen LogP contribution in [0.3, 0.4) is 0 Å². The number of hydrogen-bond acceptors (Lipinski definition) is 4. The quantitative estimate of drug-likeness (QED) is 0.758. The Labute approximate surface area is 111 Å². The van der Waals surface area contributed by atoms with E-state index in [2.05, 4.69) is 11.6 Å². The molecule has 0 bridgehead atoms. The van der Waals surface area contributed by atoms with Gasteiger partial charge in [0.25, 0.3) is 0 Å². The first kappa shape index (κ1) is 14.7. The number of carbonyl (C=O) groups excluding carboxylic acids is 1. The predicted octanol–water partition coefficient (Wildman–Crippen LogP) is 1.68. The predicted molar refractivity (Wildman–Crippen MR) is 68.4 cm³/mol. The van der Waals surface area contributed by atoms with Gasteiger partial charge in [-0.1, -0.05) is 18.7 Å². The van der Waals surface area contributed by atoms with E-state index in [1.54, 1.807) is 18.5 Å². The number of carboxylic acids is 1. The standard InChI is InChI=1S/C13H16N2O4/c1-2-8-19-13(18)15(7-5-12(16)17)10-11-4-3-6-14-9-11/h2-4,6,9H,1,5,7-8,10H2,(H,16,17). The van der Waals surface area contributed by atoms with Crippen molar-refractivity contribution in [3.63, 3.8) is 0 Å². The smallest absolute Gasteiger partial charge is 0.410 e. The number of carboxylic acid groups (broad SMARTS) is 1. The van der Waals surface area contributed by atoms with E-state index in [9.17, 15) is 9.59 Å². The maximum atomic E-state index is 11.8. The highest BCUT2D eigenvalue weighted by Crippen LogP contribution is 2.06. The molecule has 0 aliphatic carbocycles. The molecule has 19 heavy (non-hydrogen) atoms. The molecule has 0 saturated carbocycles. The first-order chi connectivity index (χ1) is 9.13. The van der Waals surface area contributed by atoms with E-state index in [0.29, 0.717) is 0 Å². The van der Waals surface area contributed by atoms with E-state index in [0.717, 1.165) is 5.56 Å². The van der Waals surface area contributed by atoms with Crippen LogP contribution >= 0.6 is 0 Å². The maximum absolute atomic E-state index is 11.8. The molecule has 1 amide bonds. The SMILES string of the molecule is C=CCOC(=O)N(CCC(=O)O)Cc1cccnc1.